The molecule has 1 atom stereocenters. The van der Waals surface area contributed by atoms with Crippen molar-refractivity contribution in [3.8, 4) is 0 Å². The zero-order valence-electron chi connectivity index (χ0n) is 5.97. The SMILES string of the molecule is CCCC(N)CCON. The molecule has 3 nitrogen and oxygen atoms in total. The van der Waals surface area contributed by atoms with E-state index < -0.39 is 0 Å². The summed E-state index contributed by atoms with van der Waals surface area (Å²) in [6, 6.07) is 0.263. The third-order valence-electron chi connectivity index (χ3n) is 1.27. The molecule has 0 saturated carbocycles. The fraction of sp³-hybridized carbons (Fsp3) is 1.00. The van der Waals surface area contributed by atoms with Crippen LogP contribution in [-0.2, 0) is 4.84 Å². The van der Waals surface area contributed by atoms with Crippen LogP contribution < -0.4 is 11.6 Å². The zero-order chi connectivity index (χ0) is 7.11. The van der Waals surface area contributed by atoms with Gasteiger partial charge in [0.15, 0.2) is 0 Å². The molecule has 0 aromatic heterocycles. The molecule has 0 bridgehead atoms. The van der Waals surface area contributed by atoms with Crippen LogP contribution in [0.3, 0.4) is 0 Å². The molecule has 0 aromatic rings. The Morgan fingerprint density at radius 2 is 2.11 bits per heavy atom. The maximum atomic E-state index is 5.63. The quantitative estimate of drug-likeness (QED) is 0.532. The second-order valence-corrected chi connectivity index (χ2v) is 2.21. The summed E-state index contributed by atoms with van der Waals surface area (Å²) in [7, 11) is 0. The molecule has 0 aliphatic heterocycles. The summed E-state index contributed by atoms with van der Waals surface area (Å²) in [6.45, 7) is 2.68. The van der Waals surface area contributed by atoms with Gasteiger partial charge in [-0.1, -0.05) is 13.3 Å². The van der Waals surface area contributed by atoms with Gasteiger partial charge in [-0.15, -0.1) is 0 Å². The lowest BCUT2D eigenvalue weighted by atomic mass is 10.1. The molecule has 0 radical (unpaired) electrons. The highest BCUT2D eigenvalue weighted by molar-refractivity contribution is 4.58. The van der Waals surface area contributed by atoms with E-state index in [1.54, 1.807) is 0 Å². The molecule has 0 fully saturated rings. The largest absolute Gasteiger partial charge is 0.328 e. The van der Waals surface area contributed by atoms with E-state index in [-0.39, 0.29) is 6.04 Å². The second kappa shape index (κ2) is 6.01. The van der Waals surface area contributed by atoms with E-state index in [1.807, 2.05) is 0 Å². The van der Waals surface area contributed by atoms with Crippen LogP contribution in [0.2, 0.25) is 0 Å². The highest BCUT2D eigenvalue weighted by Gasteiger charge is 1.98. The number of hydrogen-bond donors (Lipinski definition) is 2. The van der Waals surface area contributed by atoms with Crippen LogP contribution in [0.15, 0.2) is 0 Å². The molecule has 0 aliphatic carbocycles. The molecule has 1 unspecified atom stereocenters. The summed E-state index contributed by atoms with van der Waals surface area (Å²) in [5.41, 5.74) is 5.63. The van der Waals surface area contributed by atoms with E-state index in [0.29, 0.717) is 6.61 Å². The van der Waals surface area contributed by atoms with Gasteiger partial charge in [-0.25, -0.2) is 5.90 Å². The highest BCUT2D eigenvalue weighted by atomic mass is 16.6. The lowest BCUT2D eigenvalue weighted by Crippen LogP contribution is -2.22. The Morgan fingerprint density at radius 1 is 1.44 bits per heavy atom. The Kier molecular flexibility index (Phi) is 5.93. The molecule has 56 valence electrons. The van der Waals surface area contributed by atoms with Gasteiger partial charge in [-0.05, 0) is 12.8 Å². The maximum Gasteiger partial charge on any atom is 0.0694 e. The third kappa shape index (κ3) is 5.76. The van der Waals surface area contributed by atoms with Gasteiger partial charge >= 0.3 is 0 Å². The average molecular weight is 132 g/mol. The summed E-state index contributed by atoms with van der Waals surface area (Å²) < 4.78 is 0. The molecule has 0 saturated heterocycles. The predicted molar refractivity (Wildman–Crippen MR) is 37.6 cm³/mol. The Balaban J connectivity index is 2.95. The van der Waals surface area contributed by atoms with E-state index in [4.69, 9.17) is 11.6 Å². The van der Waals surface area contributed by atoms with E-state index in [1.165, 1.54) is 0 Å². The number of rotatable bonds is 5. The maximum absolute atomic E-state index is 5.63. The first-order valence-electron chi connectivity index (χ1n) is 3.38. The fourth-order valence-electron chi connectivity index (χ4n) is 0.735. The van der Waals surface area contributed by atoms with Gasteiger partial charge in [0.1, 0.15) is 0 Å². The van der Waals surface area contributed by atoms with Crippen LogP contribution in [0.1, 0.15) is 26.2 Å². The van der Waals surface area contributed by atoms with Crippen LogP contribution in [0.25, 0.3) is 0 Å². The molecule has 3 heteroatoms. The Morgan fingerprint density at radius 3 is 2.56 bits per heavy atom. The van der Waals surface area contributed by atoms with Crippen molar-refractivity contribution in [2.24, 2.45) is 11.6 Å². The van der Waals surface area contributed by atoms with E-state index in [9.17, 15) is 0 Å². The van der Waals surface area contributed by atoms with Crippen molar-refractivity contribution < 1.29 is 4.84 Å². The van der Waals surface area contributed by atoms with Crippen molar-refractivity contribution in [1.82, 2.24) is 0 Å². The minimum absolute atomic E-state index is 0.263. The fourth-order valence-corrected chi connectivity index (χ4v) is 0.735. The summed E-state index contributed by atoms with van der Waals surface area (Å²) in [6.07, 6.45) is 3.05. The van der Waals surface area contributed by atoms with E-state index in [2.05, 4.69) is 11.8 Å². The van der Waals surface area contributed by atoms with Gasteiger partial charge in [-0.2, -0.15) is 0 Å². The summed E-state index contributed by atoms with van der Waals surface area (Å²) in [5.74, 6) is 4.82. The molecule has 0 heterocycles. The van der Waals surface area contributed by atoms with Crippen molar-refractivity contribution in [3.63, 3.8) is 0 Å². The van der Waals surface area contributed by atoms with Crippen LogP contribution in [0, 0.1) is 0 Å². The first-order chi connectivity index (χ1) is 4.31. The number of hydrogen-bond acceptors (Lipinski definition) is 3. The zero-order valence-corrected chi connectivity index (χ0v) is 5.97. The van der Waals surface area contributed by atoms with Crippen molar-refractivity contribution in [1.29, 1.82) is 0 Å². The molecular weight excluding hydrogens is 116 g/mol. The lowest BCUT2D eigenvalue weighted by Gasteiger charge is -2.07. The van der Waals surface area contributed by atoms with Gasteiger partial charge in [0.25, 0.3) is 0 Å². The van der Waals surface area contributed by atoms with Gasteiger partial charge in [0.2, 0.25) is 0 Å². The monoisotopic (exact) mass is 132 g/mol. The van der Waals surface area contributed by atoms with Crippen molar-refractivity contribution in [2.75, 3.05) is 6.61 Å². The smallest absolute Gasteiger partial charge is 0.0694 e. The van der Waals surface area contributed by atoms with Crippen LogP contribution in [-0.4, -0.2) is 12.6 Å². The Bertz CT molecular complexity index is 59.0. The molecule has 4 N–H and O–H groups in total. The predicted octanol–water partition coefficient (Wildman–Crippen LogP) is 0.394. The van der Waals surface area contributed by atoms with Crippen molar-refractivity contribution in [3.05, 3.63) is 0 Å². The highest BCUT2D eigenvalue weighted by Crippen LogP contribution is 1.96. The number of nitrogens with two attached hydrogens (primary N) is 2. The van der Waals surface area contributed by atoms with E-state index >= 15 is 0 Å². The van der Waals surface area contributed by atoms with Gasteiger partial charge in [0, 0.05) is 6.04 Å². The summed E-state index contributed by atoms with van der Waals surface area (Å²) in [4.78, 5) is 4.38. The molecule has 0 spiro atoms. The molecule has 0 amide bonds. The molecular formula is C6H16N2O. The Hall–Kier alpha value is -0.120. The standard InChI is InChI=1S/C6H16N2O/c1-2-3-6(7)4-5-9-8/h6H,2-5,7-8H2,1H3. The van der Waals surface area contributed by atoms with Crippen LogP contribution in [0.5, 0.6) is 0 Å². The minimum Gasteiger partial charge on any atom is -0.328 e. The van der Waals surface area contributed by atoms with Crippen LogP contribution >= 0.6 is 0 Å². The van der Waals surface area contributed by atoms with E-state index in [0.717, 1.165) is 19.3 Å². The molecule has 9 heavy (non-hydrogen) atoms. The Labute approximate surface area is 56.3 Å². The van der Waals surface area contributed by atoms with Crippen LogP contribution in [0.4, 0.5) is 0 Å². The van der Waals surface area contributed by atoms with Crippen molar-refractivity contribution in [2.45, 2.75) is 32.2 Å². The molecule has 0 aromatic carbocycles. The topological polar surface area (TPSA) is 61.3 Å². The summed E-state index contributed by atoms with van der Waals surface area (Å²) >= 11 is 0. The third-order valence-corrected chi connectivity index (χ3v) is 1.27. The minimum atomic E-state index is 0.263. The summed E-state index contributed by atoms with van der Waals surface area (Å²) in [5, 5.41) is 0. The first-order valence-corrected chi connectivity index (χ1v) is 3.38. The molecule has 0 aliphatic rings. The van der Waals surface area contributed by atoms with Gasteiger partial charge in [-0.3, -0.25) is 0 Å². The van der Waals surface area contributed by atoms with Crippen molar-refractivity contribution >= 4 is 0 Å². The second-order valence-electron chi connectivity index (χ2n) is 2.21. The molecule has 0 rings (SSSR count). The van der Waals surface area contributed by atoms with Gasteiger partial charge < -0.3 is 10.6 Å². The first kappa shape index (κ1) is 8.88. The lowest BCUT2D eigenvalue weighted by molar-refractivity contribution is 0.129. The average Bonchev–Trinajstić information content (AvgIpc) is 1.85. The normalized spacial score (nSPS) is 13.7. The van der Waals surface area contributed by atoms with Gasteiger partial charge in [0.05, 0.1) is 6.61 Å².